The number of nitrogens with one attached hydrogen (secondary N) is 1. The lowest BCUT2D eigenvalue weighted by Gasteiger charge is -2.29. The summed E-state index contributed by atoms with van der Waals surface area (Å²) in [6, 6.07) is 11.9. The third-order valence-corrected chi connectivity index (χ3v) is 5.48. The molecular formula is C19H24N2O3S. The van der Waals surface area contributed by atoms with Crippen molar-refractivity contribution in [2.24, 2.45) is 0 Å². The molecule has 5 nitrogen and oxygen atoms in total. The lowest BCUT2D eigenvalue weighted by molar-refractivity contribution is -0.116. The van der Waals surface area contributed by atoms with Crippen molar-refractivity contribution in [3.8, 4) is 0 Å². The number of para-hydroxylation sites is 1. The molecule has 2 aromatic rings. The fourth-order valence-corrected chi connectivity index (χ4v) is 3.79. The molecule has 0 heterocycles. The van der Waals surface area contributed by atoms with Gasteiger partial charge in [0.15, 0.2) is 0 Å². The molecule has 0 saturated carbocycles. The number of hydrogen-bond acceptors (Lipinski definition) is 3. The number of anilines is 2. The number of sulfonamides is 1. The summed E-state index contributed by atoms with van der Waals surface area (Å²) in [7, 11) is -3.62. The summed E-state index contributed by atoms with van der Waals surface area (Å²) in [5.74, 6) is -0.377. The summed E-state index contributed by atoms with van der Waals surface area (Å²) in [5.41, 5.74) is 4.11. The van der Waals surface area contributed by atoms with Crippen LogP contribution in [0.4, 0.5) is 11.4 Å². The first kappa shape index (κ1) is 19.0. The Balaban J connectivity index is 2.36. The first-order valence-corrected chi connectivity index (χ1v) is 9.89. The van der Waals surface area contributed by atoms with Crippen LogP contribution in [0.15, 0.2) is 42.5 Å². The van der Waals surface area contributed by atoms with Gasteiger partial charge in [-0.25, -0.2) is 8.42 Å². The molecule has 0 spiro atoms. The minimum Gasteiger partial charge on any atom is -0.324 e. The molecule has 0 aromatic heterocycles. The molecule has 0 saturated heterocycles. The topological polar surface area (TPSA) is 66.5 Å². The molecule has 0 aliphatic heterocycles. The Morgan fingerprint density at radius 1 is 1.00 bits per heavy atom. The second kappa shape index (κ2) is 7.27. The Morgan fingerprint density at radius 3 is 2.20 bits per heavy atom. The van der Waals surface area contributed by atoms with Gasteiger partial charge in [-0.3, -0.25) is 9.10 Å². The molecule has 0 unspecified atom stereocenters. The number of carbonyl (C=O) groups excluding carboxylic acids is 1. The first-order chi connectivity index (χ1) is 11.6. The normalized spacial score (nSPS) is 12.5. The summed E-state index contributed by atoms with van der Waals surface area (Å²) < 4.78 is 25.8. The van der Waals surface area contributed by atoms with E-state index in [4.69, 9.17) is 0 Å². The van der Waals surface area contributed by atoms with Crippen LogP contribution in [0.5, 0.6) is 0 Å². The van der Waals surface area contributed by atoms with Crippen LogP contribution in [0.2, 0.25) is 0 Å². The van der Waals surface area contributed by atoms with Crippen molar-refractivity contribution in [3.05, 3.63) is 59.2 Å². The van der Waals surface area contributed by atoms with Crippen molar-refractivity contribution in [1.29, 1.82) is 0 Å². The quantitative estimate of drug-likeness (QED) is 0.888. The monoisotopic (exact) mass is 360 g/mol. The van der Waals surface area contributed by atoms with E-state index in [0.29, 0.717) is 11.4 Å². The third-order valence-electron chi connectivity index (χ3n) is 4.24. The van der Waals surface area contributed by atoms with Gasteiger partial charge in [0.1, 0.15) is 6.04 Å². The van der Waals surface area contributed by atoms with Crippen molar-refractivity contribution in [3.63, 3.8) is 0 Å². The summed E-state index contributed by atoms with van der Waals surface area (Å²) >= 11 is 0. The number of benzene rings is 2. The predicted molar refractivity (Wildman–Crippen MR) is 103 cm³/mol. The van der Waals surface area contributed by atoms with Gasteiger partial charge in [-0.15, -0.1) is 0 Å². The molecule has 1 atom stereocenters. The van der Waals surface area contributed by atoms with E-state index in [9.17, 15) is 13.2 Å². The first-order valence-electron chi connectivity index (χ1n) is 8.04. The van der Waals surface area contributed by atoms with E-state index in [1.807, 2.05) is 45.0 Å². The summed E-state index contributed by atoms with van der Waals surface area (Å²) in [4.78, 5) is 12.7. The molecule has 6 heteroatoms. The van der Waals surface area contributed by atoms with Crippen LogP contribution in [0.3, 0.4) is 0 Å². The molecule has 0 fully saturated rings. The van der Waals surface area contributed by atoms with E-state index in [2.05, 4.69) is 5.32 Å². The van der Waals surface area contributed by atoms with Crippen molar-refractivity contribution in [2.75, 3.05) is 15.9 Å². The average molecular weight is 360 g/mol. The van der Waals surface area contributed by atoms with Gasteiger partial charge in [0, 0.05) is 5.69 Å². The molecule has 2 aromatic carbocycles. The smallest absolute Gasteiger partial charge is 0.248 e. The molecule has 0 aliphatic carbocycles. The Morgan fingerprint density at radius 2 is 1.64 bits per heavy atom. The van der Waals surface area contributed by atoms with E-state index < -0.39 is 16.1 Å². The van der Waals surface area contributed by atoms with Gasteiger partial charge < -0.3 is 5.32 Å². The van der Waals surface area contributed by atoms with E-state index in [-0.39, 0.29) is 5.91 Å². The van der Waals surface area contributed by atoms with Gasteiger partial charge in [-0.05, 0) is 62.6 Å². The van der Waals surface area contributed by atoms with Crippen LogP contribution in [-0.2, 0) is 14.8 Å². The number of nitrogens with zero attached hydrogens (tertiary/aromatic N) is 1. The average Bonchev–Trinajstić information content (AvgIpc) is 2.51. The Hall–Kier alpha value is -2.34. The van der Waals surface area contributed by atoms with E-state index >= 15 is 0 Å². The zero-order valence-electron chi connectivity index (χ0n) is 15.2. The van der Waals surface area contributed by atoms with E-state index in [1.165, 1.54) is 0 Å². The van der Waals surface area contributed by atoms with Crippen molar-refractivity contribution < 1.29 is 13.2 Å². The van der Waals surface area contributed by atoms with Gasteiger partial charge >= 0.3 is 0 Å². The van der Waals surface area contributed by atoms with Crippen molar-refractivity contribution in [1.82, 2.24) is 0 Å². The Bertz CT molecular complexity index is 891. The maximum atomic E-state index is 12.7. The van der Waals surface area contributed by atoms with Crippen LogP contribution in [0, 0.1) is 20.8 Å². The summed E-state index contributed by atoms with van der Waals surface area (Å²) in [6.07, 6.45) is 1.11. The maximum absolute atomic E-state index is 12.7. The molecule has 1 N–H and O–H groups in total. The predicted octanol–water partition coefficient (Wildman–Crippen LogP) is 3.41. The van der Waals surface area contributed by atoms with Gasteiger partial charge in [-0.2, -0.15) is 0 Å². The van der Waals surface area contributed by atoms with Crippen LogP contribution >= 0.6 is 0 Å². The highest BCUT2D eigenvalue weighted by Crippen LogP contribution is 2.24. The second-order valence-electron chi connectivity index (χ2n) is 6.31. The highest BCUT2D eigenvalue weighted by molar-refractivity contribution is 7.92. The number of aryl methyl sites for hydroxylation is 3. The van der Waals surface area contributed by atoms with E-state index in [1.54, 1.807) is 25.1 Å². The van der Waals surface area contributed by atoms with Gasteiger partial charge in [0.2, 0.25) is 15.9 Å². The molecule has 0 radical (unpaired) electrons. The molecule has 0 aliphatic rings. The van der Waals surface area contributed by atoms with E-state index in [0.717, 1.165) is 27.3 Å². The molecule has 25 heavy (non-hydrogen) atoms. The number of amides is 1. The molecular weight excluding hydrogens is 336 g/mol. The Labute approximate surface area is 149 Å². The summed E-state index contributed by atoms with van der Waals surface area (Å²) in [5, 5.41) is 2.81. The standard InChI is InChI=1S/C19H24N2O3S/c1-13-10-11-17(12-15(13)3)21(25(5,23)24)16(4)19(22)20-18-9-7-6-8-14(18)2/h6-12,16H,1-5H3,(H,20,22)/t16-/m1/s1. The highest BCUT2D eigenvalue weighted by atomic mass is 32.2. The minimum atomic E-state index is -3.62. The fraction of sp³-hybridized carbons (Fsp3) is 0.316. The maximum Gasteiger partial charge on any atom is 0.248 e. The lowest BCUT2D eigenvalue weighted by atomic mass is 10.1. The SMILES string of the molecule is Cc1ccc(N([C@H](C)C(=O)Nc2ccccc2C)S(C)(=O)=O)cc1C. The van der Waals surface area contributed by atoms with Gasteiger partial charge in [0.25, 0.3) is 0 Å². The zero-order chi connectivity index (χ0) is 18.8. The number of carbonyl (C=O) groups is 1. The fourth-order valence-electron chi connectivity index (χ4n) is 2.62. The highest BCUT2D eigenvalue weighted by Gasteiger charge is 2.29. The largest absolute Gasteiger partial charge is 0.324 e. The van der Waals surface area contributed by atoms with Gasteiger partial charge in [-0.1, -0.05) is 24.3 Å². The minimum absolute atomic E-state index is 0.377. The second-order valence-corrected chi connectivity index (χ2v) is 8.17. The Kier molecular flexibility index (Phi) is 5.52. The van der Waals surface area contributed by atoms with Crippen LogP contribution in [0.1, 0.15) is 23.6 Å². The molecule has 134 valence electrons. The lowest BCUT2D eigenvalue weighted by Crippen LogP contribution is -2.45. The number of hydrogen-bond donors (Lipinski definition) is 1. The van der Waals surface area contributed by atoms with Crippen molar-refractivity contribution in [2.45, 2.75) is 33.7 Å². The number of rotatable bonds is 5. The van der Waals surface area contributed by atoms with Crippen LogP contribution < -0.4 is 9.62 Å². The van der Waals surface area contributed by atoms with Crippen molar-refractivity contribution >= 4 is 27.3 Å². The summed E-state index contributed by atoms with van der Waals surface area (Å²) in [6.45, 7) is 7.34. The zero-order valence-corrected chi connectivity index (χ0v) is 16.0. The van der Waals surface area contributed by atoms with Crippen LogP contribution in [-0.4, -0.2) is 26.6 Å². The third kappa shape index (κ3) is 4.39. The molecule has 0 bridgehead atoms. The molecule has 1 amide bonds. The van der Waals surface area contributed by atoms with Gasteiger partial charge in [0.05, 0.1) is 11.9 Å². The molecule has 2 rings (SSSR count). The van der Waals surface area contributed by atoms with Crippen LogP contribution in [0.25, 0.3) is 0 Å².